The van der Waals surface area contributed by atoms with Crippen LogP contribution in [0.2, 0.25) is 0 Å². The monoisotopic (exact) mass is 132 g/mol. The van der Waals surface area contributed by atoms with Crippen molar-refractivity contribution < 1.29 is 9.84 Å². The van der Waals surface area contributed by atoms with E-state index in [1.165, 1.54) is 0 Å². The Bertz CT molecular complexity index is 54.9. The first-order chi connectivity index (χ1) is 4.31. The molecule has 0 aliphatic rings. The van der Waals surface area contributed by atoms with Crippen LogP contribution in [0.5, 0.6) is 0 Å². The summed E-state index contributed by atoms with van der Waals surface area (Å²) in [6, 6.07) is 0. The fourth-order valence-electron chi connectivity index (χ4n) is 0.667. The van der Waals surface area contributed by atoms with Crippen LogP contribution in [-0.2, 0) is 4.74 Å². The Labute approximate surface area is 56.8 Å². The Hall–Kier alpha value is -0.0800. The third kappa shape index (κ3) is 5.80. The number of aliphatic hydroxyl groups excluding tert-OH is 1. The first-order valence-corrected chi connectivity index (χ1v) is 3.41. The summed E-state index contributed by atoms with van der Waals surface area (Å²) in [4.78, 5) is 0. The average molecular weight is 132 g/mol. The van der Waals surface area contributed by atoms with Gasteiger partial charge in [0.05, 0.1) is 0 Å². The molecule has 0 saturated heterocycles. The van der Waals surface area contributed by atoms with Gasteiger partial charge in [-0.2, -0.15) is 0 Å². The summed E-state index contributed by atoms with van der Waals surface area (Å²) < 4.78 is 4.86. The molecule has 0 aliphatic carbocycles. The topological polar surface area (TPSA) is 29.5 Å². The molecular formula is C7H16O2. The second-order valence-corrected chi connectivity index (χ2v) is 2.42. The maximum absolute atomic E-state index is 8.59. The normalized spacial score (nSPS) is 13.7. The van der Waals surface area contributed by atoms with Crippen LogP contribution < -0.4 is 0 Å². The lowest BCUT2D eigenvalue weighted by Crippen LogP contribution is -2.01. The highest BCUT2D eigenvalue weighted by atomic mass is 16.5. The van der Waals surface area contributed by atoms with Gasteiger partial charge in [0, 0.05) is 20.3 Å². The van der Waals surface area contributed by atoms with Crippen molar-refractivity contribution in [3.05, 3.63) is 0 Å². The van der Waals surface area contributed by atoms with Gasteiger partial charge in [-0.3, -0.25) is 0 Å². The molecule has 0 spiro atoms. The van der Waals surface area contributed by atoms with Gasteiger partial charge in [0.15, 0.2) is 0 Å². The standard InChI is InChI=1S/C7H16O2/c1-7(6-8)4-3-5-9-2/h7-8H,3-6H2,1-2H3. The van der Waals surface area contributed by atoms with Gasteiger partial charge in [-0.1, -0.05) is 6.92 Å². The second-order valence-electron chi connectivity index (χ2n) is 2.42. The van der Waals surface area contributed by atoms with Gasteiger partial charge in [0.25, 0.3) is 0 Å². The summed E-state index contributed by atoms with van der Waals surface area (Å²) in [5.41, 5.74) is 0. The van der Waals surface area contributed by atoms with Crippen LogP contribution in [0.4, 0.5) is 0 Å². The van der Waals surface area contributed by atoms with Crippen LogP contribution in [-0.4, -0.2) is 25.4 Å². The molecule has 0 heterocycles. The van der Waals surface area contributed by atoms with Crippen molar-refractivity contribution in [1.29, 1.82) is 0 Å². The van der Waals surface area contributed by atoms with Gasteiger partial charge in [-0.05, 0) is 18.8 Å². The maximum Gasteiger partial charge on any atom is 0.0462 e. The predicted molar refractivity (Wildman–Crippen MR) is 37.4 cm³/mol. The number of methoxy groups -OCH3 is 1. The van der Waals surface area contributed by atoms with Crippen LogP contribution >= 0.6 is 0 Å². The quantitative estimate of drug-likeness (QED) is 0.566. The Balaban J connectivity index is 2.88. The predicted octanol–water partition coefficient (Wildman–Crippen LogP) is 1.04. The number of aliphatic hydroxyl groups is 1. The number of hydrogen-bond donors (Lipinski definition) is 1. The van der Waals surface area contributed by atoms with Crippen molar-refractivity contribution in [2.75, 3.05) is 20.3 Å². The molecule has 0 saturated carbocycles. The summed E-state index contributed by atoms with van der Waals surface area (Å²) in [5.74, 6) is 0.431. The molecular weight excluding hydrogens is 116 g/mol. The van der Waals surface area contributed by atoms with Gasteiger partial charge < -0.3 is 9.84 Å². The molecule has 0 rings (SSSR count). The molecule has 0 aliphatic heterocycles. The number of rotatable bonds is 5. The molecule has 0 aromatic carbocycles. The zero-order chi connectivity index (χ0) is 7.11. The lowest BCUT2D eigenvalue weighted by atomic mass is 10.1. The van der Waals surface area contributed by atoms with Crippen molar-refractivity contribution in [3.8, 4) is 0 Å². The van der Waals surface area contributed by atoms with E-state index >= 15 is 0 Å². The van der Waals surface area contributed by atoms with Crippen LogP contribution in [0, 0.1) is 5.92 Å². The van der Waals surface area contributed by atoms with E-state index in [1.54, 1.807) is 7.11 Å². The van der Waals surface area contributed by atoms with Gasteiger partial charge in [-0.15, -0.1) is 0 Å². The number of ether oxygens (including phenoxy) is 1. The minimum Gasteiger partial charge on any atom is -0.396 e. The van der Waals surface area contributed by atoms with Crippen LogP contribution in [0.3, 0.4) is 0 Å². The van der Waals surface area contributed by atoms with Crippen molar-refractivity contribution in [2.24, 2.45) is 5.92 Å². The molecule has 1 atom stereocenters. The lowest BCUT2D eigenvalue weighted by molar-refractivity contribution is 0.174. The first kappa shape index (κ1) is 8.92. The van der Waals surface area contributed by atoms with E-state index in [9.17, 15) is 0 Å². The largest absolute Gasteiger partial charge is 0.396 e. The van der Waals surface area contributed by atoms with E-state index in [0.29, 0.717) is 12.5 Å². The second kappa shape index (κ2) is 6.05. The molecule has 56 valence electrons. The van der Waals surface area contributed by atoms with Gasteiger partial charge in [0.2, 0.25) is 0 Å². The van der Waals surface area contributed by atoms with E-state index in [-0.39, 0.29) is 0 Å². The third-order valence-electron chi connectivity index (χ3n) is 1.36. The highest BCUT2D eigenvalue weighted by Gasteiger charge is 1.97. The molecule has 0 fully saturated rings. The molecule has 2 heteroatoms. The molecule has 1 unspecified atom stereocenters. The number of hydrogen-bond acceptors (Lipinski definition) is 2. The Morgan fingerprint density at radius 1 is 1.56 bits per heavy atom. The van der Waals surface area contributed by atoms with E-state index in [4.69, 9.17) is 9.84 Å². The zero-order valence-electron chi connectivity index (χ0n) is 6.26. The molecule has 0 aromatic rings. The van der Waals surface area contributed by atoms with Gasteiger partial charge >= 0.3 is 0 Å². The molecule has 9 heavy (non-hydrogen) atoms. The highest BCUT2D eigenvalue weighted by Crippen LogP contribution is 2.02. The summed E-state index contributed by atoms with van der Waals surface area (Å²) in [7, 11) is 1.70. The minimum absolute atomic E-state index is 0.295. The third-order valence-corrected chi connectivity index (χ3v) is 1.36. The van der Waals surface area contributed by atoms with E-state index in [0.717, 1.165) is 19.4 Å². The highest BCUT2D eigenvalue weighted by molar-refractivity contribution is 4.48. The van der Waals surface area contributed by atoms with Gasteiger partial charge in [-0.25, -0.2) is 0 Å². The van der Waals surface area contributed by atoms with Crippen LogP contribution in [0.15, 0.2) is 0 Å². The lowest BCUT2D eigenvalue weighted by Gasteiger charge is -2.05. The van der Waals surface area contributed by atoms with Crippen LogP contribution in [0.1, 0.15) is 19.8 Å². The molecule has 1 N–H and O–H groups in total. The Morgan fingerprint density at radius 2 is 2.22 bits per heavy atom. The summed E-state index contributed by atoms with van der Waals surface area (Å²) in [6.07, 6.45) is 2.11. The molecule has 2 nitrogen and oxygen atoms in total. The Kier molecular flexibility index (Phi) is 5.99. The molecule has 0 radical (unpaired) electrons. The van der Waals surface area contributed by atoms with Crippen molar-refractivity contribution >= 4 is 0 Å². The smallest absolute Gasteiger partial charge is 0.0462 e. The van der Waals surface area contributed by atoms with Crippen LogP contribution in [0.25, 0.3) is 0 Å². The van der Waals surface area contributed by atoms with E-state index < -0.39 is 0 Å². The zero-order valence-corrected chi connectivity index (χ0v) is 6.26. The molecule has 0 amide bonds. The van der Waals surface area contributed by atoms with Crippen molar-refractivity contribution in [1.82, 2.24) is 0 Å². The minimum atomic E-state index is 0.295. The van der Waals surface area contributed by atoms with E-state index in [1.807, 2.05) is 6.92 Å². The maximum atomic E-state index is 8.59. The van der Waals surface area contributed by atoms with Gasteiger partial charge in [0.1, 0.15) is 0 Å². The van der Waals surface area contributed by atoms with Crippen molar-refractivity contribution in [3.63, 3.8) is 0 Å². The fourth-order valence-corrected chi connectivity index (χ4v) is 0.667. The molecule has 0 aromatic heterocycles. The SMILES string of the molecule is COCCCC(C)CO. The molecule has 0 bridgehead atoms. The first-order valence-electron chi connectivity index (χ1n) is 3.41. The Morgan fingerprint density at radius 3 is 2.67 bits per heavy atom. The fraction of sp³-hybridized carbons (Fsp3) is 1.00. The summed E-state index contributed by atoms with van der Waals surface area (Å²) >= 11 is 0. The average Bonchev–Trinajstić information content (AvgIpc) is 1.89. The van der Waals surface area contributed by atoms with Crippen molar-refractivity contribution in [2.45, 2.75) is 19.8 Å². The van der Waals surface area contributed by atoms with E-state index in [2.05, 4.69) is 0 Å². The summed E-state index contributed by atoms with van der Waals surface area (Å²) in [5, 5.41) is 8.59. The summed E-state index contributed by atoms with van der Waals surface area (Å²) in [6.45, 7) is 3.14.